The first-order valence-corrected chi connectivity index (χ1v) is 17.4. The first-order valence-electron chi connectivity index (χ1n) is 14.5. The minimum atomic E-state index is -4.61. The Labute approximate surface area is 298 Å². The molecule has 52 heavy (non-hydrogen) atoms. The van der Waals surface area contributed by atoms with Crippen molar-refractivity contribution < 1.29 is 40.3 Å². The SMILES string of the molecule is CN=Nc1cccc(C(=O)Nc2cc(S(=O)(=O)O)c(N=NC)cc2OC)c1.CN=Nc1cccc(C(=O)Nc2ccc(N=NC)c(S(=O)(=O)O)c2)c1. The second-order valence-corrected chi connectivity index (χ2v) is 12.6. The number of ether oxygens (including phenoxy) is 1. The highest BCUT2D eigenvalue weighted by atomic mass is 32.2. The second kappa shape index (κ2) is 18.2. The lowest BCUT2D eigenvalue weighted by molar-refractivity contribution is 0.101. The molecule has 0 aliphatic heterocycles. The zero-order valence-electron chi connectivity index (χ0n) is 28.2. The highest BCUT2D eigenvalue weighted by Crippen LogP contribution is 2.36. The van der Waals surface area contributed by atoms with Gasteiger partial charge in [0, 0.05) is 51.1 Å². The number of azo groups is 4. The van der Waals surface area contributed by atoms with Crippen LogP contribution in [-0.2, 0) is 20.2 Å². The van der Waals surface area contributed by atoms with E-state index in [0.717, 1.165) is 12.1 Å². The summed E-state index contributed by atoms with van der Waals surface area (Å²) < 4.78 is 70.1. The van der Waals surface area contributed by atoms with Gasteiger partial charge in [0.15, 0.2) is 0 Å². The number of carbonyl (C=O) groups is 2. The quantitative estimate of drug-likeness (QED) is 0.0886. The van der Waals surface area contributed by atoms with E-state index in [1.54, 1.807) is 36.4 Å². The fourth-order valence-corrected chi connectivity index (χ4v) is 5.52. The molecule has 4 rings (SSSR count). The van der Waals surface area contributed by atoms with Crippen LogP contribution in [0.4, 0.5) is 34.1 Å². The van der Waals surface area contributed by atoms with Crippen LogP contribution in [0.15, 0.2) is 130 Å². The summed E-state index contributed by atoms with van der Waals surface area (Å²) in [7, 11) is -2.06. The van der Waals surface area contributed by atoms with Gasteiger partial charge < -0.3 is 15.4 Å². The predicted molar refractivity (Wildman–Crippen MR) is 190 cm³/mol. The Balaban J connectivity index is 0.000000281. The molecule has 0 bridgehead atoms. The molecule has 19 nitrogen and oxygen atoms in total. The third kappa shape index (κ3) is 11.2. The first-order chi connectivity index (χ1) is 24.6. The molecule has 0 atom stereocenters. The van der Waals surface area contributed by atoms with Crippen LogP contribution >= 0.6 is 0 Å². The lowest BCUT2D eigenvalue weighted by Gasteiger charge is -2.13. The number of rotatable bonds is 11. The molecular formula is C31H32N10O9S2. The van der Waals surface area contributed by atoms with Gasteiger partial charge in [-0.3, -0.25) is 18.7 Å². The van der Waals surface area contributed by atoms with E-state index in [1.165, 1.54) is 65.6 Å². The van der Waals surface area contributed by atoms with Crippen molar-refractivity contribution in [3.05, 3.63) is 90.0 Å². The van der Waals surface area contributed by atoms with E-state index in [2.05, 4.69) is 51.5 Å². The molecule has 0 aliphatic carbocycles. The first kappa shape index (κ1) is 40.3. The molecule has 272 valence electrons. The monoisotopic (exact) mass is 752 g/mol. The van der Waals surface area contributed by atoms with Gasteiger partial charge in [-0.1, -0.05) is 12.1 Å². The predicted octanol–water partition coefficient (Wildman–Crippen LogP) is 7.23. The molecule has 0 saturated heterocycles. The minimum absolute atomic E-state index is 0.0339. The van der Waals surface area contributed by atoms with Crippen LogP contribution in [0.3, 0.4) is 0 Å². The van der Waals surface area contributed by atoms with Crippen molar-refractivity contribution >= 4 is 66.2 Å². The maximum absolute atomic E-state index is 12.5. The average molecular weight is 753 g/mol. The third-order valence-corrected chi connectivity index (χ3v) is 8.13. The van der Waals surface area contributed by atoms with Crippen molar-refractivity contribution in [3.8, 4) is 5.75 Å². The summed E-state index contributed by atoms with van der Waals surface area (Å²) in [6.07, 6.45) is 0. The highest BCUT2D eigenvalue weighted by molar-refractivity contribution is 7.86. The number of amides is 2. The molecule has 0 spiro atoms. The number of anilines is 2. The van der Waals surface area contributed by atoms with Gasteiger partial charge in [0.2, 0.25) is 0 Å². The molecule has 0 fully saturated rings. The van der Waals surface area contributed by atoms with Gasteiger partial charge in [0.1, 0.15) is 26.9 Å². The van der Waals surface area contributed by atoms with Crippen LogP contribution in [-0.4, -0.2) is 73.1 Å². The molecular weight excluding hydrogens is 721 g/mol. The number of hydrogen-bond donors (Lipinski definition) is 4. The van der Waals surface area contributed by atoms with Crippen molar-refractivity contribution in [2.45, 2.75) is 9.79 Å². The Bertz CT molecular complexity index is 2290. The maximum Gasteiger partial charge on any atom is 0.296 e. The van der Waals surface area contributed by atoms with Crippen LogP contribution in [0.2, 0.25) is 0 Å². The van der Waals surface area contributed by atoms with Crippen LogP contribution < -0.4 is 15.4 Å². The Kier molecular flexibility index (Phi) is 14.1. The fraction of sp³-hybridized carbons (Fsp3) is 0.161. The largest absolute Gasteiger partial charge is 0.494 e. The zero-order valence-corrected chi connectivity index (χ0v) is 29.8. The Morgan fingerprint density at radius 1 is 0.596 bits per heavy atom. The number of hydrogen-bond acceptors (Lipinski definition) is 15. The van der Waals surface area contributed by atoms with E-state index in [0.29, 0.717) is 16.9 Å². The fourth-order valence-electron chi connectivity index (χ4n) is 4.24. The van der Waals surface area contributed by atoms with Gasteiger partial charge in [-0.25, -0.2) is 0 Å². The molecule has 4 aromatic carbocycles. The van der Waals surface area contributed by atoms with Crippen molar-refractivity contribution in [2.75, 3.05) is 45.9 Å². The van der Waals surface area contributed by atoms with Gasteiger partial charge in [0.05, 0.1) is 24.2 Å². The zero-order chi connectivity index (χ0) is 38.5. The molecule has 2 amide bonds. The van der Waals surface area contributed by atoms with E-state index >= 15 is 0 Å². The Hall–Kier alpha value is -6.16. The molecule has 4 N–H and O–H groups in total. The van der Waals surface area contributed by atoms with Crippen LogP contribution in [0.25, 0.3) is 0 Å². The summed E-state index contributed by atoms with van der Waals surface area (Å²) in [6.45, 7) is 0. The van der Waals surface area contributed by atoms with Crippen molar-refractivity contribution in [2.24, 2.45) is 40.9 Å². The maximum atomic E-state index is 12.5. The minimum Gasteiger partial charge on any atom is -0.494 e. The van der Waals surface area contributed by atoms with Crippen LogP contribution in [0.5, 0.6) is 5.75 Å². The van der Waals surface area contributed by atoms with E-state index in [1.807, 2.05) is 0 Å². The molecule has 0 radical (unpaired) electrons. The molecule has 0 aromatic heterocycles. The lowest BCUT2D eigenvalue weighted by atomic mass is 10.2. The summed E-state index contributed by atoms with van der Waals surface area (Å²) in [5, 5.41) is 34.4. The van der Waals surface area contributed by atoms with E-state index in [-0.39, 0.29) is 34.1 Å². The van der Waals surface area contributed by atoms with Crippen LogP contribution in [0, 0.1) is 0 Å². The summed E-state index contributed by atoms with van der Waals surface area (Å²) >= 11 is 0. The summed E-state index contributed by atoms with van der Waals surface area (Å²) in [5.41, 5.74) is 1.63. The second-order valence-electron chi connectivity index (χ2n) is 9.86. The summed E-state index contributed by atoms with van der Waals surface area (Å²) in [4.78, 5) is 23.9. The van der Waals surface area contributed by atoms with E-state index in [4.69, 9.17) is 4.74 Å². The summed E-state index contributed by atoms with van der Waals surface area (Å²) in [5.74, 6) is -0.866. The van der Waals surface area contributed by atoms with E-state index < -0.39 is 41.8 Å². The highest BCUT2D eigenvalue weighted by Gasteiger charge is 2.22. The molecule has 0 unspecified atom stereocenters. The molecule has 0 saturated carbocycles. The molecule has 21 heteroatoms. The number of carbonyl (C=O) groups excluding carboxylic acids is 2. The van der Waals surface area contributed by atoms with Gasteiger partial charge in [0.25, 0.3) is 32.1 Å². The third-order valence-electron chi connectivity index (χ3n) is 6.37. The molecule has 4 aromatic rings. The standard InChI is InChI=1S/C16H17N5O5S.C15H15N5O4S/c1-17-20-11-6-4-5-10(7-11)16(22)19-12-9-15(27(23,24)25)13(21-18-2)8-14(12)26-3;1-16-19-12-5-3-4-10(8-12)15(21)18-11-6-7-13(20-17-2)14(9-11)25(22,23)24/h4-9H,1-3H3,(H,19,22)(H,23,24,25);3-9H,1-2H3,(H,18,21)(H,22,23,24). The topological polar surface area (TPSA) is 275 Å². The number of nitrogens with zero attached hydrogens (tertiary/aromatic N) is 8. The van der Waals surface area contributed by atoms with Crippen molar-refractivity contribution in [1.82, 2.24) is 0 Å². The number of benzene rings is 4. The number of nitrogens with one attached hydrogen (secondary N) is 2. The van der Waals surface area contributed by atoms with Gasteiger partial charge in [-0.15, -0.1) is 0 Å². The average Bonchev–Trinajstić information content (AvgIpc) is 3.09. The smallest absolute Gasteiger partial charge is 0.296 e. The van der Waals surface area contributed by atoms with Gasteiger partial charge >= 0.3 is 0 Å². The number of methoxy groups -OCH3 is 1. The van der Waals surface area contributed by atoms with Gasteiger partial charge in [-0.2, -0.15) is 57.7 Å². The van der Waals surface area contributed by atoms with E-state index in [9.17, 15) is 35.5 Å². The molecule has 0 heterocycles. The lowest BCUT2D eigenvalue weighted by Crippen LogP contribution is -2.13. The Morgan fingerprint density at radius 2 is 1.08 bits per heavy atom. The molecule has 0 aliphatic rings. The normalized spacial score (nSPS) is 11.9. The van der Waals surface area contributed by atoms with Crippen LogP contribution in [0.1, 0.15) is 20.7 Å². The van der Waals surface area contributed by atoms with Crippen molar-refractivity contribution in [3.63, 3.8) is 0 Å². The Morgan fingerprint density at radius 3 is 1.56 bits per heavy atom. The van der Waals surface area contributed by atoms with Gasteiger partial charge in [-0.05, 0) is 60.7 Å². The summed E-state index contributed by atoms with van der Waals surface area (Å²) in [6, 6.07) is 19.0. The van der Waals surface area contributed by atoms with Crippen molar-refractivity contribution in [1.29, 1.82) is 0 Å².